The Morgan fingerprint density at radius 2 is 1.47 bits per heavy atom. The third-order valence-electron chi connectivity index (χ3n) is 5.49. The van der Waals surface area contributed by atoms with Crippen molar-refractivity contribution < 1.29 is 14.3 Å². The van der Waals surface area contributed by atoms with Crippen molar-refractivity contribution in [3.8, 4) is 11.5 Å². The van der Waals surface area contributed by atoms with E-state index in [0.717, 1.165) is 21.8 Å². The molecule has 4 aromatic carbocycles. The molecule has 38 heavy (non-hydrogen) atoms. The molecular weight excluding hydrogens is 514 g/mol. The van der Waals surface area contributed by atoms with Crippen LogP contribution in [0.1, 0.15) is 17.7 Å². The van der Waals surface area contributed by atoms with E-state index in [2.05, 4.69) is 16.0 Å². The largest absolute Gasteiger partial charge is 0.495 e. The number of anilines is 3. The van der Waals surface area contributed by atoms with Crippen molar-refractivity contribution in [2.75, 3.05) is 29.7 Å². The maximum Gasteiger partial charge on any atom is 0.242 e. The molecule has 0 aliphatic carbocycles. The number of carbonyl (C=O) groups is 1. The molecule has 4 rings (SSSR count). The number of para-hydroxylation sites is 4. The van der Waals surface area contributed by atoms with E-state index in [1.165, 1.54) is 11.8 Å². The molecule has 1 unspecified atom stereocenters. The van der Waals surface area contributed by atoms with Crippen LogP contribution in [0, 0.1) is 0 Å². The second-order valence-electron chi connectivity index (χ2n) is 8.13. The van der Waals surface area contributed by atoms with E-state index in [1.54, 1.807) is 7.11 Å². The molecule has 0 heterocycles. The summed E-state index contributed by atoms with van der Waals surface area (Å²) in [4.78, 5) is 14.5. The van der Waals surface area contributed by atoms with Gasteiger partial charge in [0.1, 0.15) is 16.7 Å². The predicted octanol–water partition coefficient (Wildman–Crippen LogP) is 7.37. The van der Waals surface area contributed by atoms with Crippen LogP contribution in [0.5, 0.6) is 11.5 Å². The standard InChI is InChI=1S/C30H29N3O3S2/c1-3-36-27-19-10-8-17-25(27)32-29(34)28(21-12-5-4-6-13-21)38-23-15-11-14-22(20-23)31-30(37)33-24-16-7-9-18-26(24)35-2/h4-20,28H,3H2,1-2H3,(H,32,34)(H2,31,33,37). The van der Waals surface area contributed by atoms with Crippen LogP contribution >= 0.6 is 24.0 Å². The van der Waals surface area contributed by atoms with Crippen molar-refractivity contribution in [3.05, 3.63) is 109 Å². The van der Waals surface area contributed by atoms with Crippen LogP contribution in [0.2, 0.25) is 0 Å². The summed E-state index contributed by atoms with van der Waals surface area (Å²) in [5.74, 6) is 1.20. The maximum absolute atomic E-state index is 13.6. The zero-order valence-corrected chi connectivity index (χ0v) is 22.8. The summed E-state index contributed by atoms with van der Waals surface area (Å²) in [6.45, 7) is 2.43. The highest BCUT2D eigenvalue weighted by Crippen LogP contribution is 2.38. The smallest absolute Gasteiger partial charge is 0.242 e. The highest BCUT2D eigenvalue weighted by Gasteiger charge is 2.23. The Bertz CT molecular complexity index is 1380. The molecule has 1 amide bonds. The van der Waals surface area contributed by atoms with Crippen LogP contribution in [0.4, 0.5) is 17.1 Å². The highest BCUT2D eigenvalue weighted by atomic mass is 32.2. The van der Waals surface area contributed by atoms with E-state index in [4.69, 9.17) is 21.7 Å². The van der Waals surface area contributed by atoms with Gasteiger partial charge in [-0.15, -0.1) is 11.8 Å². The van der Waals surface area contributed by atoms with Crippen molar-refractivity contribution in [1.82, 2.24) is 0 Å². The first-order valence-electron chi connectivity index (χ1n) is 12.1. The van der Waals surface area contributed by atoms with Crippen LogP contribution in [0.15, 0.2) is 108 Å². The van der Waals surface area contributed by atoms with Crippen molar-refractivity contribution >= 4 is 52.1 Å². The molecule has 0 saturated heterocycles. The monoisotopic (exact) mass is 543 g/mol. The van der Waals surface area contributed by atoms with Gasteiger partial charge < -0.3 is 25.4 Å². The number of thioether (sulfide) groups is 1. The van der Waals surface area contributed by atoms with Crippen LogP contribution < -0.4 is 25.4 Å². The van der Waals surface area contributed by atoms with Crippen molar-refractivity contribution in [1.29, 1.82) is 0 Å². The van der Waals surface area contributed by atoms with E-state index >= 15 is 0 Å². The van der Waals surface area contributed by atoms with E-state index < -0.39 is 5.25 Å². The van der Waals surface area contributed by atoms with Crippen molar-refractivity contribution in [3.63, 3.8) is 0 Å². The molecule has 1 atom stereocenters. The van der Waals surface area contributed by atoms with E-state index in [1.807, 2.05) is 110 Å². The molecule has 0 bridgehead atoms. The molecule has 0 aromatic heterocycles. The Morgan fingerprint density at radius 1 is 0.816 bits per heavy atom. The van der Waals surface area contributed by atoms with Crippen LogP contribution in [-0.2, 0) is 4.79 Å². The number of ether oxygens (including phenoxy) is 2. The highest BCUT2D eigenvalue weighted by molar-refractivity contribution is 8.00. The van der Waals surface area contributed by atoms with Gasteiger partial charge >= 0.3 is 0 Å². The minimum absolute atomic E-state index is 0.139. The van der Waals surface area contributed by atoms with E-state index in [-0.39, 0.29) is 5.91 Å². The molecule has 0 aliphatic rings. The summed E-state index contributed by atoms with van der Waals surface area (Å²) < 4.78 is 11.1. The fraction of sp³-hybridized carbons (Fsp3) is 0.133. The number of carbonyl (C=O) groups excluding carboxylic acids is 1. The summed E-state index contributed by atoms with van der Waals surface area (Å²) in [5.41, 5.74) is 3.11. The second kappa shape index (κ2) is 13.5. The number of nitrogens with one attached hydrogen (secondary N) is 3. The summed E-state index contributed by atoms with van der Waals surface area (Å²) in [6.07, 6.45) is 0. The first-order valence-corrected chi connectivity index (χ1v) is 13.4. The number of methoxy groups -OCH3 is 1. The molecule has 0 fully saturated rings. The Labute approximate surface area is 232 Å². The van der Waals surface area contributed by atoms with Gasteiger partial charge in [-0.2, -0.15) is 0 Å². The lowest BCUT2D eigenvalue weighted by Gasteiger charge is -2.19. The molecular formula is C30H29N3O3S2. The van der Waals surface area contributed by atoms with Gasteiger partial charge in [-0.3, -0.25) is 4.79 Å². The molecule has 8 heteroatoms. The first kappa shape index (κ1) is 27.0. The quantitative estimate of drug-likeness (QED) is 0.142. The number of thiocarbonyl (C=S) groups is 1. The third-order valence-corrected chi connectivity index (χ3v) is 6.94. The van der Waals surface area contributed by atoms with Gasteiger partial charge in [0, 0.05) is 10.6 Å². The number of hydrogen-bond acceptors (Lipinski definition) is 5. The molecule has 3 N–H and O–H groups in total. The van der Waals surface area contributed by atoms with Gasteiger partial charge in [0.2, 0.25) is 5.91 Å². The Hall–Kier alpha value is -4.01. The van der Waals surface area contributed by atoms with Crippen LogP contribution in [0.3, 0.4) is 0 Å². The number of hydrogen-bond donors (Lipinski definition) is 3. The lowest BCUT2D eigenvalue weighted by molar-refractivity contribution is -0.115. The normalized spacial score (nSPS) is 11.2. The first-order chi connectivity index (χ1) is 18.6. The molecule has 4 aromatic rings. The lowest BCUT2D eigenvalue weighted by atomic mass is 10.1. The molecule has 194 valence electrons. The minimum Gasteiger partial charge on any atom is -0.495 e. The number of amides is 1. The Morgan fingerprint density at radius 3 is 2.18 bits per heavy atom. The SMILES string of the molecule is CCOc1ccccc1NC(=O)C(Sc1cccc(NC(=S)Nc2ccccc2OC)c1)c1ccccc1. The van der Waals surface area contributed by atoms with E-state index in [0.29, 0.717) is 28.9 Å². The zero-order valence-electron chi connectivity index (χ0n) is 21.1. The summed E-state index contributed by atoms with van der Waals surface area (Å²) in [6, 6.07) is 32.5. The van der Waals surface area contributed by atoms with Crippen LogP contribution in [-0.4, -0.2) is 24.7 Å². The average molecular weight is 544 g/mol. The lowest BCUT2D eigenvalue weighted by Crippen LogP contribution is -2.20. The topological polar surface area (TPSA) is 71.6 Å². The van der Waals surface area contributed by atoms with Crippen LogP contribution in [0.25, 0.3) is 0 Å². The number of benzene rings is 4. The summed E-state index contributed by atoms with van der Waals surface area (Å²) in [7, 11) is 1.62. The predicted molar refractivity (Wildman–Crippen MR) is 161 cm³/mol. The van der Waals surface area contributed by atoms with Gasteiger partial charge in [-0.25, -0.2) is 0 Å². The molecule has 0 radical (unpaired) electrons. The molecule has 0 spiro atoms. The number of rotatable bonds is 10. The van der Waals surface area contributed by atoms with Gasteiger partial charge in [0.05, 0.1) is 25.1 Å². The van der Waals surface area contributed by atoms with E-state index in [9.17, 15) is 4.79 Å². The van der Waals surface area contributed by atoms with Gasteiger partial charge in [0.25, 0.3) is 0 Å². The van der Waals surface area contributed by atoms with Gasteiger partial charge in [-0.1, -0.05) is 60.7 Å². The fourth-order valence-electron chi connectivity index (χ4n) is 3.77. The molecule has 6 nitrogen and oxygen atoms in total. The molecule has 0 saturated carbocycles. The summed E-state index contributed by atoms with van der Waals surface area (Å²) >= 11 is 6.98. The molecule has 0 aliphatic heterocycles. The van der Waals surface area contributed by atoms with Crippen molar-refractivity contribution in [2.45, 2.75) is 17.1 Å². The fourth-order valence-corrected chi connectivity index (χ4v) is 5.08. The van der Waals surface area contributed by atoms with Gasteiger partial charge in [0.15, 0.2) is 5.11 Å². The van der Waals surface area contributed by atoms with Crippen molar-refractivity contribution in [2.24, 2.45) is 0 Å². The minimum atomic E-state index is -0.486. The Kier molecular flexibility index (Phi) is 9.61. The zero-order chi connectivity index (χ0) is 26.7. The average Bonchev–Trinajstić information content (AvgIpc) is 2.94. The maximum atomic E-state index is 13.6. The Balaban J connectivity index is 1.51. The summed E-state index contributed by atoms with van der Waals surface area (Å²) in [5, 5.41) is 9.39. The third kappa shape index (κ3) is 7.27. The van der Waals surface area contributed by atoms with Gasteiger partial charge in [-0.05, 0) is 67.2 Å². The second-order valence-corrected chi connectivity index (χ2v) is 9.72.